The molecule has 0 bridgehead atoms. The number of hydrogen-bond donors (Lipinski definition) is 1. The Hall–Kier alpha value is -0.200. The third-order valence-corrected chi connectivity index (χ3v) is 6.83. The number of nitrogens with one attached hydrogen (secondary N) is 1. The number of thioether (sulfide) groups is 1. The van der Waals surface area contributed by atoms with Crippen molar-refractivity contribution in [1.29, 1.82) is 0 Å². The molecule has 2 aliphatic rings. The van der Waals surface area contributed by atoms with Crippen molar-refractivity contribution in [3.05, 3.63) is 17.0 Å². The summed E-state index contributed by atoms with van der Waals surface area (Å²) in [5.41, 5.74) is 1.29. The molecule has 3 rings (SSSR count). The molecule has 2 heterocycles. The molecular weight excluding hydrogens is 315 g/mol. The lowest BCUT2D eigenvalue weighted by Crippen LogP contribution is -2.41. The van der Waals surface area contributed by atoms with Crippen molar-refractivity contribution < 1.29 is 13.2 Å². The van der Waals surface area contributed by atoms with Gasteiger partial charge in [-0.2, -0.15) is 13.2 Å². The lowest BCUT2D eigenvalue weighted by atomic mass is 9.84. The van der Waals surface area contributed by atoms with Crippen molar-refractivity contribution in [2.75, 3.05) is 0 Å². The summed E-state index contributed by atoms with van der Waals surface area (Å²) in [4.78, 5) is 0. The molecule has 1 N–H and O–H groups in total. The molecule has 6 heteroatoms. The predicted molar refractivity (Wildman–Crippen MR) is 81.9 cm³/mol. The Morgan fingerprint density at radius 3 is 2.81 bits per heavy atom. The third kappa shape index (κ3) is 3.59. The van der Waals surface area contributed by atoms with Crippen LogP contribution in [0.5, 0.6) is 0 Å². The van der Waals surface area contributed by atoms with Crippen LogP contribution in [0.2, 0.25) is 0 Å². The van der Waals surface area contributed by atoms with Crippen LogP contribution in [0.15, 0.2) is 15.7 Å². The van der Waals surface area contributed by atoms with Crippen LogP contribution in [-0.4, -0.2) is 17.5 Å². The summed E-state index contributed by atoms with van der Waals surface area (Å²) >= 11 is 3.63. The molecule has 1 saturated carbocycles. The Morgan fingerprint density at radius 1 is 1.24 bits per heavy atom. The Labute approximate surface area is 131 Å². The zero-order chi connectivity index (χ0) is 15.0. The van der Waals surface area contributed by atoms with E-state index < -0.39 is 12.1 Å². The van der Waals surface area contributed by atoms with E-state index in [1.165, 1.54) is 9.77 Å². The zero-order valence-electron chi connectivity index (χ0n) is 12.0. The van der Waals surface area contributed by atoms with E-state index in [0.29, 0.717) is 18.1 Å². The van der Waals surface area contributed by atoms with Crippen LogP contribution in [0.25, 0.3) is 0 Å². The van der Waals surface area contributed by atoms with E-state index in [4.69, 9.17) is 0 Å². The van der Waals surface area contributed by atoms with Crippen molar-refractivity contribution >= 4 is 23.1 Å². The van der Waals surface area contributed by atoms with Gasteiger partial charge >= 0.3 is 6.18 Å². The molecule has 4 atom stereocenters. The smallest absolute Gasteiger partial charge is 0.307 e. The predicted octanol–water partition coefficient (Wildman–Crippen LogP) is 5.38. The highest BCUT2D eigenvalue weighted by atomic mass is 32.2. The first-order valence-electron chi connectivity index (χ1n) is 7.50. The quantitative estimate of drug-likeness (QED) is 0.778. The number of alkyl halides is 3. The van der Waals surface area contributed by atoms with E-state index in [1.807, 2.05) is 11.8 Å². The highest BCUT2D eigenvalue weighted by Crippen LogP contribution is 2.45. The second kappa shape index (κ2) is 6.13. The molecule has 3 unspecified atom stereocenters. The fraction of sp³-hybridized carbons (Fsp3) is 0.733. The average molecular weight is 335 g/mol. The summed E-state index contributed by atoms with van der Waals surface area (Å²) in [7, 11) is 0. The van der Waals surface area contributed by atoms with Crippen LogP contribution in [-0.2, 0) is 0 Å². The van der Waals surface area contributed by atoms with E-state index in [2.05, 4.69) is 23.7 Å². The molecule has 118 valence electrons. The van der Waals surface area contributed by atoms with Crippen molar-refractivity contribution in [3.63, 3.8) is 0 Å². The highest BCUT2D eigenvalue weighted by molar-refractivity contribution is 8.01. The summed E-state index contributed by atoms with van der Waals surface area (Å²) in [6.45, 7) is 2.20. The molecule has 21 heavy (non-hydrogen) atoms. The van der Waals surface area contributed by atoms with Gasteiger partial charge in [-0.1, -0.05) is 13.3 Å². The highest BCUT2D eigenvalue weighted by Gasteiger charge is 2.42. The fourth-order valence-corrected chi connectivity index (χ4v) is 6.00. The van der Waals surface area contributed by atoms with Gasteiger partial charge in [0.1, 0.15) is 0 Å². The molecule has 0 radical (unpaired) electrons. The van der Waals surface area contributed by atoms with Crippen molar-refractivity contribution in [2.24, 2.45) is 5.92 Å². The van der Waals surface area contributed by atoms with Crippen LogP contribution >= 0.6 is 23.1 Å². The number of halogens is 3. The van der Waals surface area contributed by atoms with Gasteiger partial charge in [0.05, 0.1) is 10.1 Å². The Bertz CT molecular complexity index is 486. The van der Waals surface area contributed by atoms with E-state index in [-0.39, 0.29) is 18.5 Å². The molecule has 1 aromatic rings. The number of hydrogen-bond acceptors (Lipinski definition) is 3. The fourth-order valence-electron chi connectivity index (χ4n) is 3.43. The molecular formula is C15H20F3NS2. The minimum Gasteiger partial charge on any atom is -0.307 e. The Morgan fingerprint density at radius 2 is 2.05 bits per heavy atom. The van der Waals surface area contributed by atoms with Gasteiger partial charge in [0.15, 0.2) is 0 Å². The zero-order valence-corrected chi connectivity index (χ0v) is 13.6. The van der Waals surface area contributed by atoms with E-state index in [1.54, 1.807) is 11.3 Å². The number of fused-ring (bicyclic) bond motifs is 1. The topological polar surface area (TPSA) is 12.0 Å². The van der Waals surface area contributed by atoms with Gasteiger partial charge in [0, 0.05) is 17.3 Å². The second-order valence-electron chi connectivity index (χ2n) is 6.15. The maximum atomic E-state index is 12.9. The Kier molecular flexibility index (Phi) is 4.58. The summed E-state index contributed by atoms with van der Waals surface area (Å²) in [5, 5.41) is 6.14. The summed E-state index contributed by atoms with van der Waals surface area (Å²) in [6, 6.07) is 2.35. The summed E-state index contributed by atoms with van der Waals surface area (Å²) in [5.74, 6) is -1.12. The maximum Gasteiger partial charge on any atom is 0.391 e. The van der Waals surface area contributed by atoms with Crippen LogP contribution in [0.4, 0.5) is 13.2 Å². The largest absolute Gasteiger partial charge is 0.391 e. The molecule has 0 spiro atoms. The van der Waals surface area contributed by atoms with Crippen molar-refractivity contribution in [2.45, 2.75) is 66.7 Å². The van der Waals surface area contributed by atoms with Gasteiger partial charge < -0.3 is 5.32 Å². The number of rotatable bonds is 2. The molecule has 1 fully saturated rings. The van der Waals surface area contributed by atoms with Gasteiger partial charge in [-0.15, -0.1) is 23.1 Å². The van der Waals surface area contributed by atoms with E-state index >= 15 is 0 Å². The van der Waals surface area contributed by atoms with Gasteiger partial charge in [0.25, 0.3) is 0 Å². The first kappa shape index (κ1) is 15.7. The van der Waals surface area contributed by atoms with E-state index in [9.17, 15) is 13.2 Å². The van der Waals surface area contributed by atoms with Crippen LogP contribution < -0.4 is 5.32 Å². The molecule has 1 nitrogen and oxygen atoms in total. The van der Waals surface area contributed by atoms with E-state index in [0.717, 1.165) is 12.8 Å². The molecule has 0 saturated heterocycles. The third-order valence-electron chi connectivity index (χ3n) is 4.48. The van der Waals surface area contributed by atoms with Crippen molar-refractivity contribution in [1.82, 2.24) is 5.32 Å². The molecule has 1 aliphatic heterocycles. The van der Waals surface area contributed by atoms with Crippen LogP contribution in [0.1, 0.15) is 50.6 Å². The van der Waals surface area contributed by atoms with Gasteiger partial charge in [-0.3, -0.25) is 0 Å². The molecule has 0 amide bonds. The molecule has 1 aliphatic carbocycles. The first-order valence-corrected chi connectivity index (χ1v) is 9.26. The molecule has 1 aromatic heterocycles. The van der Waals surface area contributed by atoms with Gasteiger partial charge in [-0.05, 0) is 42.7 Å². The van der Waals surface area contributed by atoms with Crippen LogP contribution in [0.3, 0.4) is 0 Å². The maximum absolute atomic E-state index is 12.9. The minimum atomic E-state index is -4.04. The van der Waals surface area contributed by atoms with Crippen LogP contribution in [0, 0.1) is 5.92 Å². The van der Waals surface area contributed by atoms with Gasteiger partial charge in [-0.25, -0.2) is 0 Å². The average Bonchev–Trinajstić information content (AvgIpc) is 2.86. The lowest BCUT2D eigenvalue weighted by Gasteiger charge is -2.36. The summed E-state index contributed by atoms with van der Waals surface area (Å²) < 4.78 is 40.1. The lowest BCUT2D eigenvalue weighted by molar-refractivity contribution is -0.183. The monoisotopic (exact) mass is 335 g/mol. The van der Waals surface area contributed by atoms with Crippen molar-refractivity contribution in [3.8, 4) is 0 Å². The standard InChI is InChI=1S/C15H20F3NS2/c1-9-7-13(12-5-6-20-14(12)21-9)19-11-4-2-3-10(8-11)15(16,17)18/h5-6,9-11,13,19H,2-4,7-8H2,1H3/t9-,10?,11?,13?/m0/s1. The number of thiophene rings is 1. The first-order chi connectivity index (χ1) is 9.93. The Balaban J connectivity index is 1.67. The van der Waals surface area contributed by atoms with Gasteiger partial charge in [0.2, 0.25) is 0 Å². The second-order valence-corrected chi connectivity index (χ2v) is 8.77. The summed E-state index contributed by atoms with van der Waals surface area (Å²) in [6.07, 6.45) is -0.964. The molecule has 0 aromatic carbocycles. The normalized spacial score (nSPS) is 33.7. The minimum absolute atomic E-state index is 0.00146. The SMILES string of the molecule is C[C@H]1CC(NC2CCCC(C(F)(F)F)C2)c2ccsc2S1.